The largest absolute Gasteiger partial charge is 0.135 e. The topological polar surface area (TPSA) is 0 Å². The van der Waals surface area contributed by atoms with Gasteiger partial charge in [0.25, 0.3) is 0 Å². The SMILES string of the molecule is C1=C=C(c2cccc3c4cc(-c5ccccc5)c(-c5ccccc5)cc4c4cccc(C5=c6sc7ccccc7c6=CCC5)c4c23)c2sc3ccccc3c2C=1. The van der Waals surface area contributed by atoms with Crippen molar-refractivity contribution >= 4 is 98.5 Å². The minimum absolute atomic E-state index is 1.01. The summed E-state index contributed by atoms with van der Waals surface area (Å²) in [5.74, 6) is 0. The Morgan fingerprint density at radius 2 is 1.04 bits per heavy atom. The molecule has 0 radical (unpaired) electrons. The average molecular weight is 745 g/mol. The third-order valence-electron chi connectivity index (χ3n) is 11.8. The molecule has 2 heteroatoms. The van der Waals surface area contributed by atoms with Crippen LogP contribution in [0.4, 0.5) is 0 Å². The van der Waals surface area contributed by atoms with Gasteiger partial charge in [0.1, 0.15) is 0 Å². The lowest BCUT2D eigenvalue weighted by Crippen LogP contribution is -2.25. The summed E-state index contributed by atoms with van der Waals surface area (Å²) in [6.07, 6.45) is 6.62. The van der Waals surface area contributed by atoms with Gasteiger partial charge in [-0.15, -0.1) is 22.7 Å². The first-order valence-electron chi connectivity index (χ1n) is 19.3. The van der Waals surface area contributed by atoms with Crippen molar-refractivity contribution < 1.29 is 0 Å². The molecule has 0 unspecified atom stereocenters. The summed E-state index contributed by atoms with van der Waals surface area (Å²) in [5, 5.41) is 11.7. The van der Waals surface area contributed by atoms with Gasteiger partial charge in [0.2, 0.25) is 0 Å². The van der Waals surface area contributed by atoms with E-state index in [2.05, 4.69) is 181 Å². The standard InChI is InChI=1S/C54H32S2/c1-3-15-33(16-4-1)45-31-47-39-23-11-21-37(43-27-13-25-41-35-19-7-9-29-49(35)55-53(41)43)51(39)52-38(44-28-14-26-42-36-20-8-10-30-50(36)56-54(42)44)22-12-24-40(52)48(47)32-46(45)34-17-5-2-6-18-34/h1-12,15-26,29-32H,13,27H2. The van der Waals surface area contributed by atoms with Gasteiger partial charge in [-0.2, -0.15) is 0 Å². The summed E-state index contributed by atoms with van der Waals surface area (Å²) < 4.78 is 4.05. The molecule has 2 aromatic heterocycles. The fourth-order valence-corrected chi connectivity index (χ4v) is 11.8. The molecular formula is C54H32S2. The van der Waals surface area contributed by atoms with Crippen LogP contribution in [0.25, 0.3) is 98.0 Å². The fourth-order valence-electron chi connectivity index (χ4n) is 9.36. The van der Waals surface area contributed by atoms with Crippen molar-refractivity contribution in [2.45, 2.75) is 12.8 Å². The third-order valence-corrected chi connectivity index (χ3v) is 14.3. The van der Waals surface area contributed by atoms with Gasteiger partial charge in [-0.3, -0.25) is 0 Å². The molecular weight excluding hydrogens is 713 g/mol. The predicted molar refractivity (Wildman–Crippen MR) is 243 cm³/mol. The van der Waals surface area contributed by atoms with Crippen LogP contribution in [-0.4, -0.2) is 0 Å². The van der Waals surface area contributed by atoms with E-state index < -0.39 is 0 Å². The maximum absolute atomic E-state index is 3.67. The van der Waals surface area contributed by atoms with Crippen molar-refractivity contribution in [1.29, 1.82) is 0 Å². The van der Waals surface area contributed by atoms with E-state index in [1.54, 1.807) is 0 Å². The van der Waals surface area contributed by atoms with Crippen LogP contribution in [0.5, 0.6) is 0 Å². The van der Waals surface area contributed by atoms with Crippen molar-refractivity contribution in [2.24, 2.45) is 0 Å². The minimum Gasteiger partial charge on any atom is -0.135 e. The Labute approximate surface area is 332 Å². The summed E-state index contributed by atoms with van der Waals surface area (Å²) in [6, 6.07) is 58.4. The lowest BCUT2D eigenvalue weighted by molar-refractivity contribution is 1.09. The molecule has 56 heavy (non-hydrogen) atoms. The Hall–Kier alpha value is -6.50. The van der Waals surface area contributed by atoms with E-state index in [-0.39, 0.29) is 0 Å². The molecule has 8 aromatic carbocycles. The Morgan fingerprint density at radius 3 is 1.73 bits per heavy atom. The van der Waals surface area contributed by atoms with Crippen molar-refractivity contribution in [2.75, 3.05) is 0 Å². The quantitative estimate of drug-likeness (QED) is 0.124. The van der Waals surface area contributed by atoms with E-state index in [9.17, 15) is 0 Å². The normalized spacial score (nSPS) is 13.4. The van der Waals surface area contributed by atoms with Crippen LogP contribution in [0.3, 0.4) is 0 Å². The van der Waals surface area contributed by atoms with Gasteiger partial charge in [-0.05, 0) is 119 Å². The zero-order valence-corrected chi connectivity index (χ0v) is 32.0. The van der Waals surface area contributed by atoms with E-state index in [0.717, 1.165) is 18.4 Å². The van der Waals surface area contributed by atoms with E-state index in [1.807, 2.05) is 22.7 Å². The molecule has 0 nitrogen and oxygen atoms in total. The Balaban J connectivity index is 1.28. The van der Waals surface area contributed by atoms with Crippen LogP contribution in [-0.2, 0) is 0 Å². The molecule has 0 bridgehead atoms. The van der Waals surface area contributed by atoms with Crippen LogP contribution >= 0.6 is 22.7 Å². The highest BCUT2D eigenvalue weighted by Crippen LogP contribution is 2.48. The first-order valence-corrected chi connectivity index (χ1v) is 20.9. The Bertz CT molecular complexity index is 3530. The third kappa shape index (κ3) is 4.72. The highest BCUT2D eigenvalue weighted by Gasteiger charge is 2.24. The van der Waals surface area contributed by atoms with Crippen LogP contribution in [0, 0.1) is 0 Å². The smallest absolute Gasteiger partial charge is 0.0524 e. The van der Waals surface area contributed by atoms with E-state index in [0.29, 0.717) is 0 Å². The lowest BCUT2D eigenvalue weighted by atomic mass is 9.82. The van der Waals surface area contributed by atoms with Gasteiger partial charge in [-0.25, -0.2) is 0 Å². The maximum atomic E-state index is 3.67. The number of hydrogen-bond acceptors (Lipinski definition) is 2. The van der Waals surface area contributed by atoms with Crippen molar-refractivity contribution in [3.05, 3.63) is 201 Å². The molecule has 2 heterocycles. The van der Waals surface area contributed by atoms with Crippen LogP contribution in [0.1, 0.15) is 34.4 Å². The molecule has 0 atom stereocenters. The molecule has 0 aliphatic heterocycles. The summed E-state index contributed by atoms with van der Waals surface area (Å²) in [4.78, 5) is 1.26. The summed E-state index contributed by atoms with van der Waals surface area (Å²) >= 11 is 3.81. The molecule has 2 aliphatic carbocycles. The molecule has 260 valence electrons. The minimum atomic E-state index is 1.01. The molecule has 12 rings (SSSR count). The second kappa shape index (κ2) is 12.5. The van der Waals surface area contributed by atoms with Gasteiger partial charge >= 0.3 is 0 Å². The monoisotopic (exact) mass is 744 g/mol. The number of hydrogen-bond donors (Lipinski definition) is 0. The first-order chi connectivity index (χ1) is 27.8. The van der Waals surface area contributed by atoms with Crippen LogP contribution < -0.4 is 9.75 Å². The van der Waals surface area contributed by atoms with Crippen LogP contribution in [0.15, 0.2) is 169 Å². The molecule has 10 aromatic rings. The highest BCUT2D eigenvalue weighted by molar-refractivity contribution is 7.20. The van der Waals surface area contributed by atoms with E-state index >= 15 is 0 Å². The van der Waals surface area contributed by atoms with Gasteiger partial charge in [0.15, 0.2) is 0 Å². The fraction of sp³-hybridized carbons (Fsp3) is 0.0370. The summed E-state index contributed by atoms with van der Waals surface area (Å²) in [7, 11) is 0. The molecule has 0 N–H and O–H groups in total. The Morgan fingerprint density at radius 1 is 0.464 bits per heavy atom. The van der Waals surface area contributed by atoms with Crippen molar-refractivity contribution in [3.8, 4) is 22.3 Å². The second-order valence-corrected chi connectivity index (χ2v) is 16.9. The number of fused-ring (bicyclic) bond motifs is 12. The zero-order valence-electron chi connectivity index (χ0n) is 30.4. The summed E-state index contributed by atoms with van der Waals surface area (Å²) in [6.45, 7) is 0. The zero-order chi connectivity index (χ0) is 36.7. The lowest BCUT2D eigenvalue weighted by Gasteiger charge is -2.21. The molecule has 0 saturated heterocycles. The second-order valence-electron chi connectivity index (χ2n) is 14.8. The molecule has 0 spiro atoms. The molecule has 0 amide bonds. The number of rotatable bonds is 4. The van der Waals surface area contributed by atoms with Gasteiger partial charge in [0.05, 0.1) is 10.5 Å². The van der Waals surface area contributed by atoms with E-state index in [4.69, 9.17) is 0 Å². The maximum Gasteiger partial charge on any atom is 0.0524 e. The highest BCUT2D eigenvalue weighted by atomic mass is 32.1. The summed E-state index contributed by atoms with van der Waals surface area (Å²) in [5.41, 5.74) is 18.4. The molecule has 2 aliphatic rings. The van der Waals surface area contributed by atoms with Gasteiger partial charge < -0.3 is 0 Å². The first kappa shape index (κ1) is 31.8. The van der Waals surface area contributed by atoms with Crippen molar-refractivity contribution in [1.82, 2.24) is 0 Å². The molecule has 0 saturated carbocycles. The molecule has 0 fully saturated rings. The van der Waals surface area contributed by atoms with E-state index in [1.165, 1.54) is 112 Å². The van der Waals surface area contributed by atoms with Crippen LogP contribution in [0.2, 0.25) is 0 Å². The van der Waals surface area contributed by atoms with Crippen molar-refractivity contribution in [3.63, 3.8) is 0 Å². The predicted octanol–water partition coefficient (Wildman–Crippen LogP) is 13.9. The number of benzene rings is 8. The Kier molecular flexibility index (Phi) is 7.11. The average Bonchev–Trinajstić information content (AvgIpc) is 3.85. The van der Waals surface area contributed by atoms with Gasteiger partial charge in [-0.1, -0.05) is 151 Å². The number of thiophene rings is 2. The van der Waals surface area contributed by atoms with Gasteiger partial charge in [0, 0.05) is 30.4 Å².